The van der Waals surface area contributed by atoms with Gasteiger partial charge in [0.05, 0.1) is 37.5 Å². The fourth-order valence-corrected chi connectivity index (χ4v) is 4.08. The number of carboxylic acids is 1. The number of ether oxygens (including phenoxy) is 3. The number of benzene rings is 2. The number of thiocarbonyl (C=S) groups is 1. The van der Waals surface area contributed by atoms with Gasteiger partial charge >= 0.3 is 5.97 Å². The number of hydrogen-bond donors (Lipinski definition) is 1. The number of carbonyl (C=O) groups excluding carboxylic acids is 1. The van der Waals surface area contributed by atoms with E-state index >= 15 is 0 Å². The summed E-state index contributed by atoms with van der Waals surface area (Å²) in [6.45, 7) is 0. The summed E-state index contributed by atoms with van der Waals surface area (Å²) in [6.07, 6.45) is 1.69. The molecule has 0 radical (unpaired) electrons. The number of rotatable bonds is 6. The van der Waals surface area contributed by atoms with E-state index in [-0.39, 0.29) is 11.5 Å². The summed E-state index contributed by atoms with van der Waals surface area (Å²) in [5.41, 5.74) is 1.32. The average molecular weight is 431 g/mol. The van der Waals surface area contributed by atoms with Gasteiger partial charge in [-0.15, -0.1) is 0 Å². The monoisotopic (exact) mass is 431 g/mol. The minimum Gasteiger partial charge on any atom is -0.493 e. The minimum atomic E-state index is -1.04. The smallest absolute Gasteiger partial charge is 0.335 e. The van der Waals surface area contributed by atoms with Crippen LogP contribution in [0.2, 0.25) is 0 Å². The molecule has 0 bridgehead atoms. The molecule has 0 spiro atoms. The lowest BCUT2D eigenvalue weighted by molar-refractivity contribution is -0.113. The van der Waals surface area contributed by atoms with Gasteiger partial charge in [0, 0.05) is 0 Å². The van der Waals surface area contributed by atoms with Crippen LogP contribution in [0, 0.1) is 0 Å². The van der Waals surface area contributed by atoms with Gasteiger partial charge in [-0.1, -0.05) is 24.0 Å². The van der Waals surface area contributed by atoms with E-state index in [1.165, 1.54) is 38.4 Å². The minimum absolute atomic E-state index is 0.132. The molecule has 1 N–H and O–H groups in total. The third-order valence-electron chi connectivity index (χ3n) is 4.15. The second-order valence-corrected chi connectivity index (χ2v) is 7.50. The zero-order valence-corrected chi connectivity index (χ0v) is 17.4. The fourth-order valence-electron chi connectivity index (χ4n) is 2.78. The molecule has 2 aromatic carbocycles. The van der Waals surface area contributed by atoms with Gasteiger partial charge in [-0.25, -0.2) is 4.79 Å². The van der Waals surface area contributed by atoms with E-state index in [1.54, 1.807) is 30.3 Å². The van der Waals surface area contributed by atoms with Crippen LogP contribution in [-0.2, 0) is 4.79 Å². The van der Waals surface area contributed by atoms with Crippen LogP contribution < -0.4 is 19.1 Å². The first-order valence-electron chi connectivity index (χ1n) is 8.31. The SMILES string of the molecule is COc1cc(/C=C2\SC(=S)N(c3ccc(C(=O)O)cc3)C2=O)cc(OC)c1OC. The first kappa shape index (κ1) is 20.7. The van der Waals surface area contributed by atoms with Crippen molar-refractivity contribution in [3.63, 3.8) is 0 Å². The molecular weight excluding hydrogens is 414 g/mol. The summed E-state index contributed by atoms with van der Waals surface area (Å²) in [5.74, 6) is 0.0648. The largest absolute Gasteiger partial charge is 0.493 e. The lowest BCUT2D eigenvalue weighted by Crippen LogP contribution is -2.27. The Morgan fingerprint density at radius 3 is 2.14 bits per heavy atom. The van der Waals surface area contributed by atoms with Gasteiger partial charge in [-0.05, 0) is 48.0 Å². The van der Waals surface area contributed by atoms with Crippen molar-refractivity contribution in [2.45, 2.75) is 0 Å². The first-order valence-corrected chi connectivity index (χ1v) is 9.53. The molecule has 1 heterocycles. The third kappa shape index (κ3) is 4.06. The summed E-state index contributed by atoms with van der Waals surface area (Å²) in [6, 6.07) is 9.43. The highest BCUT2D eigenvalue weighted by Gasteiger charge is 2.33. The predicted octanol–water partition coefficient (Wildman–Crippen LogP) is 3.82. The Bertz CT molecular complexity index is 991. The molecule has 1 amide bonds. The van der Waals surface area contributed by atoms with E-state index in [0.717, 1.165) is 11.8 Å². The normalized spacial score (nSPS) is 15.0. The van der Waals surface area contributed by atoms with Crippen molar-refractivity contribution in [2.24, 2.45) is 0 Å². The Kier molecular flexibility index (Phi) is 6.09. The van der Waals surface area contributed by atoms with Crippen LogP contribution >= 0.6 is 24.0 Å². The van der Waals surface area contributed by atoms with Crippen molar-refractivity contribution < 1.29 is 28.9 Å². The van der Waals surface area contributed by atoms with Gasteiger partial charge in [-0.2, -0.15) is 0 Å². The second-order valence-electron chi connectivity index (χ2n) is 5.83. The van der Waals surface area contributed by atoms with Gasteiger partial charge in [0.25, 0.3) is 5.91 Å². The molecule has 0 saturated carbocycles. The van der Waals surface area contributed by atoms with Crippen LogP contribution in [0.5, 0.6) is 17.2 Å². The fraction of sp³-hybridized carbons (Fsp3) is 0.150. The maximum absolute atomic E-state index is 12.9. The Hall–Kier alpha value is -3.04. The molecule has 1 saturated heterocycles. The van der Waals surface area contributed by atoms with E-state index < -0.39 is 5.97 Å². The zero-order chi connectivity index (χ0) is 21.1. The lowest BCUT2D eigenvalue weighted by atomic mass is 10.1. The summed E-state index contributed by atoms with van der Waals surface area (Å²) in [4.78, 5) is 25.7. The Balaban J connectivity index is 1.95. The molecule has 9 heteroatoms. The van der Waals surface area contributed by atoms with Crippen LogP contribution in [0.25, 0.3) is 6.08 Å². The predicted molar refractivity (Wildman–Crippen MR) is 115 cm³/mol. The molecule has 1 aliphatic heterocycles. The Morgan fingerprint density at radius 2 is 1.66 bits per heavy atom. The molecule has 7 nitrogen and oxygen atoms in total. The van der Waals surface area contributed by atoms with E-state index in [2.05, 4.69) is 0 Å². The molecule has 0 aromatic heterocycles. The van der Waals surface area contributed by atoms with Gasteiger partial charge in [0.1, 0.15) is 0 Å². The van der Waals surface area contributed by atoms with Crippen LogP contribution in [0.1, 0.15) is 15.9 Å². The molecule has 0 unspecified atom stereocenters. The maximum atomic E-state index is 12.9. The highest BCUT2D eigenvalue weighted by molar-refractivity contribution is 8.27. The summed E-state index contributed by atoms with van der Waals surface area (Å²) >= 11 is 6.51. The average Bonchev–Trinajstić information content (AvgIpc) is 3.00. The quantitative estimate of drug-likeness (QED) is 0.546. The van der Waals surface area contributed by atoms with Crippen LogP contribution in [0.4, 0.5) is 5.69 Å². The standard InChI is InChI=1S/C20H17NO6S2/c1-25-14-8-11(9-15(26-2)17(14)27-3)10-16-18(22)21(20(28)29-16)13-6-4-12(5-7-13)19(23)24/h4-10H,1-3H3,(H,23,24)/b16-10-. The van der Waals surface area contributed by atoms with Crippen molar-refractivity contribution in [2.75, 3.05) is 26.2 Å². The van der Waals surface area contributed by atoms with Crippen LogP contribution in [0.15, 0.2) is 41.3 Å². The molecule has 0 aliphatic carbocycles. The lowest BCUT2D eigenvalue weighted by Gasteiger charge is -2.14. The number of hydrogen-bond acceptors (Lipinski definition) is 7. The molecule has 2 aromatic rings. The number of amides is 1. The topological polar surface area (TPSA) is 85.3 Å². The Labute approximate surface area is 176 Å². The van der Waals surface area contributed by atoms with Crippen molar-refractivity contribution in [3.8, 4) is 17.2 Å². The van der Waals surface area contributed by atoms with Crippen LogP contribution in [0.3, 0.4) is 0 Å². The molecular formula is C20H17NO6S2. The zero-order valence-electron chi connectivity index (χ0n) is 15.8. The maximum Gasteiger partial charge on any atom is 0.335 e. The highest BCUT2D eigenvalue weighted by Crippen LogP contribution is 2.41. The number of nitrogens with zero attached hydrogens (tertiary/aromatic N) is 1. The molecule has 1 fully saturated rings. The number of anilines is 1. The highest BCUT2D eigenvalue weighted by atomic mass is 32.2. The number of thioether (sulfide) groups is 1. The van der Waals surface area contributed by atoms with Crippen molar-refractivity contribution >= 4 is 51.9 Å². The molecule has 1 aliphatic rings. The second kappa shape index (κ2) is 8.54. The van der Waals surface area contributed by atoms with Crippen molar-refractivity contribution in [1.82, 2.24) is 0 Å². The van der Waals surface area contributed by atoms with E-state index in [0.29, 0.717) is 37.7 Å². The summed E-state index contributed by atoms with van der Waals surface area (Å²) in [7, 11) is 4.55. The van der Waals surface area contributed by atoms with E-state index in [9.17, 15) is 9.59 Å². The molecule has 3 rings (SSSR count). The number of carboxylic acid groups (broad SMARTS) is 1. The van der Waals surface area contributed by atoms with E-state index in [4.69, 9.17) is 31.5 Å². The number of carbonyl (C=O) groups is 2. The number of aromatic carboxylic acids is 1. The number of methoxy groups -OCH3 is 3. The first-order chi connectivity index (χ1) is 13.9. The van der Waals surface area contributed by atoms with Gasteiger partial charge in [0.2, 0.25) is 5.75 Å². The van der Waals surface area contributed by atoms with Gasteiger partial charge in [-0.3, -0.25) is 9.69 Å². The van der Waals surface area contributed by atoms with Crippen molar-refractivity contribution in [1.29, 1.82) is 0 Å². The Morgan fingerprint density at radius 1 is 1.07 bits per heavy atom. The van der Waals surface area contributed by atoms with Gasteiger partial charge in [0.15, 0.2) is 15.8 Å². The van der Waals surface area contributed by atoms with E-state index in [1.807, 2.05) is 0 Å². The van der Waals surface area contributed by atoms with Crippen LogP contribution in [-0.4, -0.2) is 42.6 Å². The summed E-state index contributed by atoms with van der Waals surface area (Å²) < 4.78 is 16.4. The van der Waals surface area contributed by atoms with Gasteiger partial charge < -0.3 is 19.3 Å². The van der Waals surface area contributed by atoms with Crippen molar-refractivity contribution in [3.05, 3.63) is 52.4 Å². The molecule has 150 valence electrons. The molecule has 0 atom stereocenters. The molecule has 29 heavy (non-hydrogen) atoms. The third-order valence-corrected chi connectivity index (χ3v) is 5.45. The summed E-state index contributed by atoms with van der Waals surface area (Å²) in [5, 5.41) is 9.03.